The van der Waals surface area contributed by atoms with E-state index in [9.17, 15) is 9.18 Å². The van der Waals surface area contributed by atoms with E-state index in [1.54, 1.807) is 6.07 Å². The number of nitrogens with zero attached hydrogens (tertiary/aromatic N) is 1. The van der Waals surface area contributed by atoms with Crippen LogP contribution in [0.25, 0.3) is 0 Å². The molecule has 0 aliphatic carbocycles. The second-order valence-electron chi connectivity index (χ2n) is 4.93. The minimum Gasteiger partial charge on any atom is -0.334 e. The Morgan fingerprint density at radius 3 is 3.00 bits per heavy atom. The Hall–Kier alpha value is -0.940. The van der Waals surface area contributed by atoms with E-state index in [0.29, 0.717) is 16.0 Å². The highest BCUT2D eigenvalue weighted by Crippen LogP contribution is 2.29. The minimum atomic E-state index is -0.381. The standard InChI is InChI=1S/C13H14BrFN2O/c14-10-3-9(4-11(15)5-10)13(18)17-2-1-8-6-16-7-12(8)17/h3-5,8,12,16H,1-2,6-7H2/t8-,12+/m1/s1. The largest absolute Gasteiger partial charge is 0.334 e. The van der Waals surface area contributed by atoms with E-state index < -0.39 is 0 Å². The molecule has 1 amide bonds. The molecule has 2 aliphatic heterocycles. The van der Waals surface area contributed by atoms with Crippen LogP contribution in [0.2, 0.25) is 0 Å². The summed E-state index contributed by atoms with van der Waals surface area (Å²) in [7, 11) is 0. The molecule has 0 saturated carbocycles. The molecule has 0 unspecified atom stereocenters. The average Bonchev–Trinajstić information content (AvgIpc) is 2.88. The lowest BCUT2D eigenvalue weighted by Gasteiger charge is -2.23. The molecule has 0 bridgehead atoms. The molecule has 2 heterocycles. The Balaban J connectivity index is 1.86. The highest BCUT2D eigenvalue weighted by Gasteiger charge is 2.40. The number of fused-ring (bicyclic) bond motifs is 1. The van der Waals surface area contributed by atoms with Crippen LogP contribution in [0, 0.1) is 11.7 Å². The van der Waals surface area contributed by atoms with Gasteiger partial charge in [-0.3, -0.25) is 4.79 Å². The molecular weight excluding hydrogens is 299 g/mol. The van der Waals surface area contributed by atoms with Crippen molar-refractivity contribution in [2.75, 3.05) is 19.6 Å². The first-order valence-electron chi connectivity index (χ1n) is 6.13. The molecule has 1 aromatic carbocycles. The lowest BCUT2D eigenvalue weighted by atomic mass is 10.0. The topological polar surface area (TPSA) is 32.3 Å². The second kappa shape index (κ2) is 4.63. The number of carbonyl (C=O) groups is 1. The van der Waals surface area contributed by atoms with Crippen LogP contribution < -0.4 is 5.32 Å². The van der Waals surface area contributed by atoms with Gasteiger partial charge in [0.05, 0.1) is 0 Å². The first-order valence-corrected chi connectivity index (χ1v) is 6.92. The summed E-state index contributed by atoms with van der Waals surface area (Å²) in [5.74, 6) is 0.116. The Morgan fingerprint density at radius 2 is 2.22 bits per heavy atom. The van der Waals surface area contributed by atoms with Crippen molar-refractivity contribution in [3.63, 3.8) is 0 Å². The molecule has 1 N–H and O–H groups in total. The summed E-state index contributed by atoms with van der Waals surface area (Å²) in [4.78, 5) is 14.3. The van der Waals surface area contributed by atoms with Crippen LogP contribution in [0.5, 0.6) is 0 Å². The molecular formula is C13H14BrFN2O. The zero-order chi connectivity index (χ0) is 12.7. The van der Waals surface area contributed by atoms with Crippen LogP contribution in [0.4, 0.5) is 4.39 Å². The highest BCUT2D eigenvalue weighted by molar-refractivity contribution is 9.10. The van der Waals surface area contributed by atoms with Crippen LogP contribution in [-0.2, 0) is 0 Å². The number of likely N-dealkylation sites (tertiary alicyclic amines) is 1. The second-order valence-corrected chi connectivity index (χ2v) is 5.85. The Bertz CT molecular complexity index is 474. The fourth-order valence-electron chi connectivity index (χ4n) is 2.94. The number of benzene rings is 1. The Kier molecular flexibility index (Phi) is 3.11. The van der Waals surface area contributed by atoms with Gasteiger partial charge in [-0.15, -0.1) is 0 Å². The molecule has 2 saturated heterocycles. The van der Waals surface area contributed by atoms with Gasteiger partial charge in [0.25, 0.3) is 5.91 Å². The Labute approximate surface area is 113 Å². The molecule has 3 nitrogen and oxygen atoms in total. The van der Waals surface area contributed by atoms with Crippen LogP contribution in [0.1, 0.15) is 16.8 Å². The van der Waals surface area contributed by atoms with Crippen molar-refractivity contribution < 1.29 is 9.18 Å². The van der Waals surface area contributed by atoms with E-state index >= 15 is 0 Å². The summed E-state index contributed by atoms with van der Waals surface area (Å²) in [6.45, 7) is 2.62. The van der Waals surface area contributed by atoms with Crippen LogP contribution >= 0.6 is 15.9 Å². The maximum Gasteiger partial charge on any atom is 0.254 e. The monoisotopic (exact) mass is 312 g/mol. The third-order valence-corrected chi connectivity index (χ3v) is 4.27. The summed E-state index contributed by atoms with van der Waals surface area (Å²) in [5, 5.41) is 3.31. The van der Waals surface area contributed by atoms with Gasteiger partial charge < -0.3 is 10.2 Å². The number of carbonyl (C=O) groups excluding carboxylic acids is 1. The third kappa shape index (κ3) is 2.06. The summed E-state index contributed by atoms with van der Waals surface area (Å²) >= 11 is 3.22. The first-order chi connectivity index (χ1) is 8.65. The molecule has 3 rings (SSSR count). The number of hydrogen-bond acceptors (Lipinski definition) is 2. The predicted octanol–water partition coefficient (Wildman–Crippen LogP) is 2.02. The summed E-state index contributed by atoms with van der Waals surface area (Å²) in [6.07, 6.45) is 1.04. The van der Waals surface area contributed by atoms with Gasteiger partial charge in [-0.25, -0.2) is 4.39 Å². The van der Waals surface area contributed by atoms with E-state index in [4.69, 9.17) is 0 Å². The number of nitrogens with one attached hydrogen (secondary N) is 1. The molecule has 18 heavy (non-hydrogen) atoms. The molecule has 0 spiro atoms. The molecule has 96 valence electrons. The summed E-state index contributed by atoms with van der Waals surface area (Å²) in [5.41, 5.74) is 0.425. The summed E-state index contributed by atoms with van der Waals surface area (Å²) < 4.78 is 13.9. The molecule has 1 aromatic rings. The van der Waals surface area contributed by atoms with Gasteiger partial charge in [0.15, 0.2) is 0 Å². The van der Waals surface area contributed by atoms with Crippen molar-refractivity contribution in [2.24, 2.45) is 5.92 Å². The third-order valence-electron chi connectivity index (χ3n) is 3.82. The van der Waals surface area contributed by atoms with Gasteiger partial charge >= 0.3 is 0 Å². The van der Waals surface area contributed by atoms with Gasteiger partial charge in [-0.05, 0) is 30.5 Å². The zero-order valence-corrected chi connectivity index (χ0v) is 11.4. The van der Waals surface area contributed by atoms with E-state index in [1.807, 2.05) is 4.90 Å². The van der Waals surface area contributed by atoms with Crippen molar-refractivity contribution in [2.45, 2.75) is 12.5 Å². The lowest BCUT2D eigenvalue weighted by Crippen LogP contribution is -2.39. The molecule has 2 fully saturated rings. The number of hydrogen-bond donors (Lipinski definition) is 1. The highest BCUT2D eigenvalue weighted by atomic mass is 79.9. The quantitative estimate of drug-likeness (QED) is 0.860. The van der Waals surface area contributed by atoms with Crippen molar-refractivity contribution in [1.29, 1.82) is 0 Å². The molecule has 0 aromatic heterocycles. The van der Waals surface area contributed by atoms with E-state index in [-0.39, 0.29) is 17.8 Å². The molecule has 0 radical (unpaired) electrons. The lowest BCUT2D eigenvalue weighted by molar-refractivity contribution is 0.0736. The van der Waals surface area contributed by atoms with Gasteiger partial charge in [-0.1, -0.05) is 15.9 Å². The fraction of sp³-hybridized carbons (Fsp3) is 0.462. The summed E-state index contributed by atoms with van der Waals surface area (Å²) in [6, 6.07) is 4.63. The maximum absolute atomic E-state index is 13.3. The van der Waals surface area contributed by atoms with Gasteiger partial charge in [0.1, 0.15) is 5.82 Å². The molecule has 2 atom stereocenters. The van der Waals surface area contributed by atoms with Crippen molar-refractivity contribution in [3.8, 4) is 0 Å². The minimum absolute atomic E-state index is 0.0635. The number of halogens is 2. The van der Waals surface area contributed by atoms with E-state index in [0.717, 1.165) is 26.1 Å². The van der Waals surface area contributed by atoms with E-state index in [2.05, 4.69) is 21.2 Å². The zero-order valence-electron chi connectivity index (χ0n) is 9.83. The SMILES string of the molecule is O=C(c1cc(F)cc(Br)c1)N1CC[C@@H]2CNC[C@@H]21. The van der Waals surface area contributed by atoms with Crippen LogP contribution in [-0.4, -0.2) is 36.5 Å². The van der Waals surface area contributed by atoms with Crippen LogP contribution in [0.15, 0.2) is 22.7 Å². The Morgan fingerprint density at radius 1 is 1.39 bits per heavy atom. The normalized spacial score (nSPS) is 26.4. The van der Waals surface area contributed by atoms with Crippen molar-refractivity contribution >= 4 is 21.8 Å². The van der Waals surface area contributed by atoms with E-state index in [1.165, 1.54) is 12.1 Å². The number of rotatable bonds is 1. The molecule has 5 heteroatoms. The number of amides is 1. The smallest absolute Gasteiger partial charge is 0.254 e. The fourth-order valence-corrected chi connectivity index (χ4v) is 3.41. The first kappa shape index (κ1) is 12.1. The van der Waals surface area contributed by atoms with Gasteiger partial charge in [0.2, 0.25) is 0 Å². The average molecular weight is 313 g/mol. The van der Waals surface area contributed by atoms with Gasteiger partial charge in [0, 0.05) is 35.7 Å². The van der Waals surface area contributed by atoms with Crippen LogP contribution in [0.3, 0.4) is 0 Å². The van der Waals surface area contributed by atoms with Gasteiger partial charge in [-0.2, -0.15) is 0 Å². The molecule has 2 aliphatic rings. The maximum atomic E-state index is 13.3. The van der Waals surface area contributed by atoms with Crippen molar-refractivity contribution in [3.05, 3.63) is 34.1 Å². The predicted molar refractivity (Wildman–Crippen MR) is 69.9 cm³/mol. The van der Waals surface area contributed by atoms with Crippen molar-refractivity contribution in [1.82, 2.24) is 10.2 Å².